The molecule has 0 fully saturated rings. The molecule has 0 bridgehead atoms. The zero-order valence-corrected chi connectivity index (χ0v) is 10.6. The summed E-state index contributed by atoms with van der Waals surface area (Å²) in [6.45, 7) is 0.634. The first-order chi connectivity index (χ1) is 8.98. The molecule has 0 saturated heterocycles. The first kappa shape index (κ1) is 13.4. The first-order valence-electron chi connectivity index (χ1n) is 6.03. The lowest BCUT2D eigenvalue weighted by Gasteiger charge is -2.13. The topological polar surface area (TPSA) is 17.1 Å². The molecule has 0 heterocycles. The van der Waals surface area contributed by atoms with Crippen LogP contribution in [0.1, 0.15) is 28.4 Å². The summed E-state index contributed by atoms with van der Waals surface area (Å²) < 4.78 is 26.3. The molecule has 19 heavy (non-hydrogen) atoms. The molecule has 2 aromatic rings. The van der Waals surface area contributed by atoms with Gasteiger partial charge in [0, 0.05) is 12.5 Å². The van der Waals surface area contributed by atoms with E-state index in [0.717, 1.165) is 5.56 Å². The van der Waals surface area contributed by atoms with E-state index in [1.807, 2.05) is 30.3 Å². The van der Waals surface area contributed by atoms with Gasteiger partial charge in [-0.05, 0) is 17.5 Å². The minimum Gasteiger partial charge on any atom is -0.287 e. The van der Waals surface area contributed by atoms with Crippen LogP contribution in [0.15, 0.2) is 54.6 Å². The number of Topliss-reactive ketones (excluding diaryl/α,β-unsaturated/α-hetero) is 1. The van der Waals surface area contributed by atoms with Crippen molar-refractivity contribution in [3.8, 4) is 0 Å². The summed E-state index contributed by atoms with van der Waals surface area (Å²) in [6, 6.07) is 16.0. The van der Waals surface area contributed by atoms with Gasteiger partial charge in [0.25, 0.3) is 0 Å². The minimum atomic E-state index is -3.34. The van der Waals surface area contributed by atoms with E-state index in [9.17, 15) is 13.6 Å². The Morgan fingerprint density at radius 3 is 2.21 bits per heavy atom. The smallest absolute Gasteiger partial charge is 0.287 e. The first-order valence-corrected chi connectivity index (χ1v) is 6.03. The van der Waals surface area contributed by atoms with Crippen molar-refractivity contribution in [1.82, 2.24) is 0 Å². The number of hydrogen-bond donors (Lipinski definition) is 0. The Morgan fingerprint density at radius 2 is 1.58 bits per heavy atom. The van der Waals surface area contributed by atoms with Crippen LogP contribution in [0.4, 0.5) is 8.78 Å². The van der Waals surface area contributed by atoms with Gasteiger partial charge in [0.1, 0.15) is 0 Å². The van der Waals surface area contributed by atoms with Gasteiger partial charge in [0.15, 0.2) is 0 Å². The maximum Gasteiger partial charge on any atom is 0.307 e. The highest BCUT2D eigenvalue weighted by molar-refractivity contribution is 6.02. The molecule has 2 aromatic carbocycles. The Labute approximate surface area is 110 Å². The predicted molar refractivity (Wildman–Crippen MR) is 70.6 cm³/mol. The molecule has 0 N–H and O–H groups in total. The molecule has 98 valence electrons. The number of benzene rings is 2. The van der Waals surface area contributed by atoms with Crippen molar-refractivity contribution in [2.45, 2.75) is 19.3 Å². The molecule has 0 saturated carbocycles. The SMILES string of the molecule is CC(F)(F)C(=O)c1ccccc1Cc1ccccc1. The summed E-state index contributed by atoms with van der Waals surface area (Å²) in [5.74, 6) is -4.47. The quantitative estimate of drug-likeness (QED) is 0.756. The highest BCUT2D eigenvalue weighted by Gasteiger charge is 2.34. The van der Waals surface area contributed by atoms with Crippen LogP contribution in [0, 0.1) is 0 Å². The number of hydrogen-bond acceptors (Lipinski definition) is 1. The fraction of sp³-hybridized carbons (Fsp3) is 0.188. The van der Waals surface area contributed by atoms with Crippen LogP contribution in [-0.4, -0.2) is 11.7 Å². The van der Waals surface area contributed by atoms with Crippen LogP contribution in [0.25, 0.3) is 0 Å². The molecule has 0 aliphatic rings. The predicted octanol–water partition coefficient (Wildman–Crippen LogP) is 4.12. The monoisotopic (exact) mass is 260 g/mol. The third kappa shape index (κ3) is 3.25. The molecular weight excluding hydrogens is 246 g/mol. The summed E-state index contributed by atoms with van der Waals surface area (Å²) in [4.78, 5) is 11.7. The van der Waals surface area contributed by atoms with Gasteiger partial charge >= 0.3 is 5.92 Å². The highest BCUT2D eigenvalue weighted by atomic mass is 19.3. The van der Waals surface area contributed by atoms with Crippen molar-refractivity contribution in [3.05, 3.63) is 71.3 Å². The molecule has 0 aliphatic carbocycles. The highest BCUT2D eigenvalue weighted by Crippen LogP contribution is 2.23. The fourth-order valence-electron chi connectivity index (χ4n) is 1.95. The summed E-state index contributed by atoms with van der Waals surface area (Å²) >= 11 is 0. The summed E-state index contributed by atoms with van der Waals surface area (Å²) in [5.41, 5.74) is 1.71. The van der Waals surface area contributed by atoms with E-state index >= 15 is 0 Å². The van der Waals surface area contributed by atoms with Crippen LogP contribution >= 0.6 is 0 Å². The Bertz CT molecular complexity index is 571. The maximum absolute atomic E-state index is 13.2. The molecule has 0 radical (unpaired) electrons. The second kappa shape index (κ2) is 5.31. The number of ketones is 1. The molecule has 0 spiro atoms. The van der Waals surface area contributed by atoms with E-state index in [2.05, 4.69) is 0 Å². The van der Waals surface area contributed by atoms with Crippen molar-refractivity contribution in [1.29, 1.82) is 0 Å². The number of carbonyl (C=O) groups excluding carboxylic acids is 1. The number of rotatable bonds is 4. The van der Waals surface area contributed by atoms with E-state index in [0.29, 0.717) is 18.9 Å². The molecule has 3 heteroatoms. The van der Waals surface area contributed by atoms with Gasteiger partial charge in [-0.25, -0.2) is 0 Å². The molecular formula is C16H14F2O. The van der Waals surface area contributed by atoms with E-state index in [1.165, 1.54) is 6.07 Å². The lowest BCUT2D eigenvalue weighted by Crippen LogP contribution is -2.25. The van der Waals surface area contributed by atoms with Gasteiger partial charge in [0.05, 0.1) is 0 Å². The van der Waals surface area contributed by atoms with E-state index < -0.39 is 11.7 Å². The Morgan fingerprint density at radius 1 is 1.00 bits per heavy atom. The van der Waals surface area contributed by atoms with Gasteiger partial charge in [0.2, 0.25) is 5.78 Å². The van der Waals surface area contributed by atoms with Gasteiger partial charge in [-0.15, -0.1) is 0 Å². The summed E-state index contributed by atoms with van der Waals surface area (Å²) in [6.07, 6.45) is 0.471. The molecule has 0 atom stereocenters. The minimum absolute atomic E-state index is 0.0962. The third-order valence-corrected chi connectivity index (χ3v) is 2.90. The lowest BCUT2D eigenvalue weighted by molar-refractivity contribution is 0.0221. The Balaban J connectivity index is 2.35. The van der Waals surface area contributed by atoms with Crippen LogP contribution < -0.4 is 0 Å². The summed E-state index contributed by atoms with van der Waals surface area (Å²) in [5, 5.41) is 0. The number of halogens is 2. The molecule has 2 rings (SSSR count). The second-order valence-corrected chi connectivity index (χ2v) is 4.54. The molecule has 1 nitrogen and oxygen atoms in total. The summed E-state index contributed by atoms with van der Waals surface area (Å²) in [7, 11) is 0. The van der Waals surface area contributed by atoms with Crippen molar-refractivity contribution < 1.29 is 13.6 Å². The Kier molecular flexibility index (Phi) is 3.74. The van der Waals surface area contributed by atoms with Gasteiger partial charge in [-0.1, -0.05) is 54.6 Å². The van der Waals surface area contributed by atoms with Crippen LogP contribution in [0.5, 0.6) is 0 Å². The zero-order valence-electron chi connectivity index (χ0n) is 10.6. The normalized spacial score (nSPS) is 11.3. The average molecular weight is 260 g/mol. The number of alkyl halides is 2. The van der Waals surface area contributed by atoms with E-state index in [-0.39, 0.29) is 5.56 Å². The molecule has 0 amide bonds. The van der Waals surface area contributed by atoms with Crippen LogP contribution in [0.3, 0.4) is 0 Å². The lowest BCUT2D eigenvalue weighted by atomic mass is 9.95. The van der Waals surface area contributed by atoms with Gasteiger partial charge in [-0.2, -0.15) is 8.78 Å². The van der Waals surface area contributed by atoms with Crippen molar-refractivity contribution in [2.75, 3.05) is 0 Å². The fourth-order valence-corrected chi connectivity index (χ4v) is 1.95. The standard InChI is InChI=1S/C16H14F2O/c1-16(17,18)15(19)14-10-6-5-9-13(14)11-12-7-3-2-4-8-12/h2-10H,11H2,1H3. The molecule has 0 unspecified atom stereocenters. The van der Waals surface area contributed by atoms with E-state index in [1.54, 1.807) is 18.2 Å². The van der Waals surface area contributed by atoms with E-state index in [4.69, 9.17) is 0 Å². The largest absolute Gasteiger partial charge is 0.307 e. The Hall–Kier alpha value is -2.03. The molecule has 0 aliphatic heterocycles. The second-order valence-electron chi connectivity index (χ2n) is 4.54. The zero-order chi connectivity index (χ0) is 13.9. The average Bonchev–Trinajstić information content (AvgIpc) is 2.39. The van der Waals surface area contributed by atoms with Crippen molar-refractivity contribution in [2.24, 2.45) is 0 Å². The van der Waals surface area contributed by atoms with Crippen LogP contribution in [-0.2, 0) is 6.42 Å². The number of carbonyl (C=O) groups is 1. The van der Waals surface area contributed by atoms with Gasteiger partial charge < -0.3 is 0 Å². The van der Waals surface area contributed by atoms with Gasteiger partial charge in [-0.3, -0.25) is 4.79 Å². The molecule has 0 aromatic heterocycles. The van der Waals surface area contributed by atoms with Crippen molar-refractivity contribution in [3.63, 3.8) is 0 Å². The van der Waals surface area contributed by atoms with Crippen LogP contribution in [0.2, 0.25) is 0 Å². The van der Waals surface area contributed by atoms with Crippen molar-refractivity contribution >= 4 is 5.78 Å². The maximum atomic E-state index is 13.2. The third-order valence-electron chi connectivity index (χ3n) is 2.90.